The Labute approximate surface area is 116 Å². The summed E-state index contributed by atoms with van der Waals surface area (Å²) in [4.78, 5) is 11.9. The fourth-order valence-electron chi connectivity index (χ4n) is 1.77. The second-order valence-electron chi connectivity index (χ2n) is 4.30. The van der Waals surface area contributed by atoms with Crippen molar-refractivity contribution in [3.63, 3.8) is 0 Å². The van der Waals surface area contributed by atoms with Crippen molar-refractivity contribution in [3.8, 4) is 0 Å². The van der Waals surface area contributed by atoms with Crippen molar-refractivity contribution in [2.24, 2.45) is 7.05 Å². The fourth-order valence-corrected chi connectivity index (χ4v) is 2.01. The summed E-state index contributed by atoms with van der Waals surface area (Å²) in [6.07, 6.45) is 4.43. The van der Waals surface area contributed by atoms with Gasteiger partial charge in [0.05, 0.1) is 6.20 Å². The summed E-state index contributed by atoms with van der Waals surface area (Å²) in [5, 5.41) is 7.34. The van der Waals surface area contributed by atoms with E-state index >= 15 is 0 Å². The topological polar surface area (TPSA) is 72.9 Å². The van der Waals surface area contributed by atoms with Crippen molar-refractivity contribution < 1.29 is 4.79 Å². The molecule has 0 saturated carbocycles. The molecule has 0 aliphatic rings. The Hall–Kier alpha value is -2.01. The van der Waals surface area contributed by atoms with Gasteiger partial charge in [0.25, 0.3) is 5.91 Å². The molecule has 0 atom stereocenters. The van der Waals surface area contributed by atoms with E-state index in [0.29, 0.717) is 22.8 Å². The van der Waals surface area contributed by atoms with Crippen LogP contribution in [0.4, 0.5) is 5.69 Å². The standard InChI is InChI=1S/C13H15ClN4O/c1-18-8-9(7-17-18)2-3-16-13(19)10-4-11(14)6-12(15)5-10/h4-8H,2-3,15H2,1H3,(H,16,19). The second kappa shape index (κ2) is 5.75. The van der Waals surface area contributed by atoms with E-state index in [4.69, 9.17) is 17.3 Å². The van der Waals surface area contributed by atoms with E-state index in [-0.39, 0.29) is 5.91 Å². The second-order valence-corrected chi connectivity index (χ2v) is 4.74. The van der Waals surface area contributed by atoms with Gasteiger partial charge in [-0.1, -0.05) is 11.6 Å². The number of nitrogens with two attached hydrogens (primary N) is 1. The number of benzene rings is 1. The minimum Gasteiger partial charge on any atom is -0.399 e. The molecule has 3 N–H and O–H groups in total. The van der Waals surface area contributed by atoms with Gasteiger partial charge in [-0.25, -0.2) is 0 Å². The van der Waals surface area contributed by atoms with Gasteiger partial charge in [0.15, 0.2) is 0 Å². The van der Waals surface area contributed by atoms with Crippen molar-refractivity contribution in [2.45, 2.75) is 6.42 Å². The Morgan fingerprint density at radius 1 is 1.47 bits per heavy atom. The van der Waals surface area contributed by atoms with Crippen LogP contribution in [0.1, 0.15) is 15.9 Å². The van der Waals surface area contributed by atoms with Crippen molar-refractivity contribution in [2.75, 3.05) is 12.3 Å². The van der Waals surface area contributed by atoms with Crippen LogP contribution in [0.25, 0.3) is 0 Å². The SMILES string of the molecule is Cn1cc(CCNC(=O)c2cc(N)cc(Cl)c2)cn1. The van der Waals surface area contributed by atoms with E-state index in [1.54, 1.807) is 29.1 Å². The summed E-state index contributed by atoms with van der Waals surface area (Å²) in [5.41, 5.74) is 7.67. The lowest BCUT2D eigenvalue weighted by Gasteiger charge is -2.05. The van der Waals surface area contributed by atoms with Crippen molar-refractivity contribution in [1.29, 1.82) is 0 Å². The molecule has 2 aromatic rings. The van der Waals surface area contributed by atoms with E-state index < -0.39 is 0 Å². The molecular weight excluding hydrogens is 264 g/mol. The average molecular weight is 279 g/mol. The molecule has 1 aromatic heterocycles. The van der Waals surface area contributed by atoms with Crippen LogP contribution in [0.3, 0.4) is 0 Å². The molecular formula is C13H15ClN4O. The predicted molar refractivity (Wildman–Crippen MR) is 75.1 cm³/mol. The van der Waals surface area contributed by atoms with Crippen molar-refractivity contribution >= 4 is 23.2 Å². The molecule has 0 radical (unpaired) electrons. The Morgan fingerprint density at radius 3 is 2.89 bits per heavy atom. The van der Waals surface area contributed by atoms with Crippen LogP contribution in [-0.4, -0.2) is 22.2 Å². The van der Waals surface area contributed by atoms with E-state index in [2.05, 4.69) is 10.4 Å². The van der Waals surface area contributed by atoms with Crippen molar-refractivity contribution in [3.05, 3.63) is 46.7 Å². The molecule has 100 valence electrons. The third-order valence-corrected chi connectivity index (χ3v) is 2.86. The summed E-state index contributed by atoms with van der Waals surface area (Å²) in [5.74, 6) is -0.182. The maximum absolute atomic E-state index is 11.9. The average Bonchev–Trinajstić information content (AvgIpc) is 2.73. The highest BCUT2D eigenvalue weighted by Crippen LogP contribution is 2.16. The Bertz CT molecular complexity index is 574. The highest BCUT2D eigenvalue weighted by Gasteiger charge is 2.07. The van der Waals surface area contributed by atoms with Gasteiger partial charge in [0.1, 0.15) is 0 Å². The molecule has 19 heavy (non-hydrogen) atoms. The molecule has 0 spiro atoms. The van der Waals surface area contributed by atoms with E-state index in [9.17, 15) is 4.79 Å². The van der Waals surface area contributed by atoms with Crippen LogP contribution in [0.2, 0.25) is 5.02 Å². The number of carbonyl (C=O) groups is 1. The minimum atomic E-state index is -0.182. The summed E-state index contributed by atoms with van der Waals surface area (Å²) in [7, 11) is 1.86. The molecule has 1 aromatic carbocycles. The number of rotatable bonds is 4. The maximum Gasteiger partial charge on any atom is 0.251 e. The number of aryl methyl sites for hydroxylation is 1. The highest BCUT2D eigenvalue weighted by molar-refractivity contribution is 6.31. The first-order valence-corrected chi connectivity index (χ1v) is 6.24. The molecule has 0 unspecified atom stereocenters. The van der Waals surface area contributed by atoms with Gasteiger partial charge < -0.3 is 11.1 Å². The monoisotopic (exact) mass is 278 g/mol. The zero-order chi connectivity index (χ0) is 13.8. The van der Waals surface area contributed by atoms with Crippen LogP contribution in [0.15, 0.2) is 30.6 Å². The first-order chi connectivity index (χ1) is 9.04. The molecule has 0 aliphatic heterocycles. The molecule has 2 rings (SSSR count). The Morgan fingerprint density at radius 2 is 2.26 bits per heavy atom. The molecule has 0 aliphatic carbocycles. The normalized spacial score (nSPS) is 10.4. The van der Waals surface area contributed by atoms with Crippen LogP contribution < -0.4 is 11.1 Å². The predicted octanol–water partition coefficient (Wildman–Crippen LogP) is 1.63. The van der Waals surface area contributed by atoms with Gasteiger partial charge in [-0.05, 0) is 30.2 Å². The highest BCUT2D eigenvalue weighted by atomic mass is 35.5. The number of carbonyl (C=O) groups excluding carboxylic acids is 1. The smallest absolute Gasteiger partial charge is 0.251 e. The summed E-state index contributed by atoms with van der Waals surface area (Å²) in [6, 6.07) is 4.80. The third kappa shape index (κ3) is 3.72. The lowest BCUT2D eigenvalue weighted by Crippen LogP contribution is -2.25. The summed E-state index contributed by atoms with van der Waals surface area (Å²) >= 11 is 5.86. The fraction of sp³-hybridized carbons (Fsp3) is 0.231. The number of nitrogens with zero attached hydrogens (tertiary/aromatic N) is 2. The number of hydrogen-bond donors (Lipinski definition) is 2. The van der Waals surface area contributed by atoms with Gasteiger partial charge in [-0.2, -0.15) is 5.10 Å². The zero-order valence-electron chi connectivity index (χ0n) is 10.6. The van der Waals surface area contributed by atoms with E-state index in [1.165, 1.54) is 0 Å². The molecule has 0 saturated heterocycles. The number of nitrogen functional groups attached to an aromatic ring is 1. The van der Waals surface area contributed by atoms with Crippen LogP contribution >= 0.6 is 11.6 Å². The zero-order valence-corrected chi connectivity index (χ0v) is 11.3. The van der Waals surface area contributed by atoms with E-state index in [1.807, 2.05) is 13.2 Å². The lowest BCUT2D eigenvalue weighted by atomic mass is 10.2. The van der Waals surface area contributed by atoms with Gasteiger partial charge >= 0.3 is 0 Å². The first-order valence-electron chi connectivity index (χ1n) is 5.86. The quantitative estimate of drug-likeness (QED) is 0.835. The molecule has 1 amide bonds. The number of hydrogen-bond acceptors (Lipinski definition) is 3. The number of anilines is 1. The largest absolute Gasteiger partial charge is 0.399 e. The Kier molecular flexibility index (Phi) is 4.06. The maximum atomic E-state index is 11.9. The summed E-state index contributed by atoms with van der Waals surface area (Å²) in [6.45, 7) is 0.539. The van der Waals surface area contributed by atoms with Crippen LogP contribution in [-0.2, 0) is 13.5 Å². The molecule has 6 heteroatoms. The molecule has 1 heterocycles. The van der Waals surface area contributed by atoms with Gasteiger partial charge in [-0.15, -0.1) is 0 Å². The Balaban J connectivity index is 1.90. The third-order valence-electron chi connectivity index (χ3n) is 2.64. The van der Waals surface area contributed by atoms with Gasteiger partial charge in [-0.3, -0.25) is 9.48 Å². The first kappa shape index (κ1) is 13.4. The number of halogens is 1. The van der Waals surface area contributed by atoms with E-state index in [0.717, 1.165) is 12.0 Å². The lowest BCUT2D eigenvalue weighted by molar-refractivity contribution is 0.0954. The van der Waals surface area contributed by atoms with Crippen LogP contribution in [0, 0.1) is 0 Å². The number of nitrogens with one attached hydrogen (secondary N) is 1. The summed E-state index contributed by atoms with van der Waals surface area (Å²) < 4.78 is 1.73. The molecule has 0 bridgehead atoms. The van der Waals surface area contributed by atoms with Crippen LogP contribution in [0.5, 0.6) is 0 Å². The minimum absolute atomic E-state index is 0.182. The molecule has 0 fully saturated rings. The van der Waals surface area contributed by atoms with Crippen molar-refractivity contribution in [1.82, 2.24) is 15.1 Å². The van der Waals surface area contributed by atoms with Gasteiger partial charge in [0, 0.05) is 36.1 Å². The number of aromatic nitrogens is 2. The number of amides is 1. The molecule has 5 nitrogen and oxygen atoms in total. The van der Waals surface area contributed by atoms with Gasteiger partial charge in [0.2, 0.25) is 0 Å².